The number of carboxylic acids is 1. The van der Waals surface area contributed by atoms with Crippen molar-refractivity contribution in [3.63, 3.8) is 0 Å². The first kappa shape index (κ1) is 7.79. The quantitative estimate of drug-likeness (QED) is 0.641. The molecule has 0 spiro atoms. The van der Waals surface area contributed by atoms with Crippen LogP contribution in [0.5, 0.6) is 0 Å². The van der Waals surface area contributed by atoms with E-state index >= 15 is 0 Å². The number of hydrogen-bond donors (Lipinski definition) is 1. The van der Waals surface area contributed by atoms with Gasteiger partial charge in [-0.3, -0.25) is 0 Å². The van der Waals surface area contributed by atoms with Crippen LogP contribution in [0.1, 0.15) is 0 Å². The van der Waals surface area contributed by atoms with Crippen LogP contribution < -0.4 is 0 Å². The molecule has 2 rings (SSSR count). The third-order valence-electron chi connectivity index (χ3n) is 1.88. The van der Waals surface area contributed by atoms with Gasteiger partial charge in [0.05, 0.1) is 12.1 Å². The predicted octanol–water partition coefficient (Wildman–Crippen LogP) is 0.753. The fraction of sp³-hybridized carbons (Fsp3) is 0.111. The lowest BCUT2D eigenvalue weighted by Crippen LogP contribution is -2.31. The van der Waals surface area contributed by atoms with Crippen LogP contribution in [0, 0.1) is 0 Å². The normalized spacial score (nSPS) is 19.2. The van der Waals surface area contributed by atoms with E-state index in [1.54, 1.807) is 4.90 Å². The highest BCUT2D eigenvalue weighted by Crippen LogP contribution is 2.12. The average Bonchev–Trinajstić information content (AvgIpc) is 2.17. The minimum absolute atomic E-state index is 0.309. The predicted molar refractivity (Wildman–Crippen MR) is 48.1 cm³/mol. The van der Waals surface area contributed by atoms with Crippen LogP contribution in [0.25, 0.3) is 0 Å². The molecule has 2 aliphatic rings. The number of fused-ring (bicyclic) bond motifs is 1. The summed E-state index contributed by atoms with van der Waals surface area (Å²) >= 11 is 0. The van der Waals surface area contributed by atoms with Crippen molar-refractivity contribution in [2.45, 2.75) is 0 Å². The number of nitrogens with zero attached hydrogens (tertiary/aromatic N) is 2. The summed E-state index contributed by atoms with van der Waals surface area (Å²) in [5, 5.41) is 8.72. The fourth-order valence-corrected chi connectivity index (χ4v) is 1.21. The van der Waals surface area contributed by atoms with E-state index in [0.717, 1.165) is 5.84 Å². The molecule has 4 heteroatoms. The molecular weight excluding hydrogens is 168 g/mol. The molecular formula is C9H8N2O2. The molecule has 0 unspecified atom stereocenters. The summed E-state index contributed by atoms with van der Waals surface area (Å²) in [7, 11) is 0. The summed E-state index contributed by atoms with van der Waals surface area (Å²) in [5.74, 6) is -0.127. The molecule has 0 aromatic carbocycles. The van der Waals surface area contributed by atoms with Crippen molar-refractivity contribution in [1.29, 1.82) is 0 Å². The van der Waals surface area contributed by atoms with Gasteiger partial charge in [-0.25, -0.2) is 9.79 Å². The first-order valence-electron chi connectivity index (χ1n) is 3.89. The lowest BCUT2D eigenvalue weighted by Gasteiger charge is -2.24. The molecule has 0 atom stereocenters. The van der Waals surface area contributed by atoms with Crippen molar-refractivity contribution in [2.24, 2.45) is 4.99 Å². The molecule has 2 aliphatic heterocycles. The van der Waals surface area contributed by atoms with E-state index in [9.17, 15) is 4.79 Å². The second kappa shape index (κ2) is 2.90. The van der Waals surface area contributed by atoms with Crippen LogP contribution in [-0.4, -0.2) is 28.4 Å². The van der Waals surface area contributed by atoms with Gasteiger partial charge in [0.25, 0.3) is 0 Å². The minimum atomic E-state index is -0.911. The first-order valence-corrected chi connectivity index (χ1v) is 3.89. The second-order valence-corrected chi connectivity index (χ2v) is 2.78. The Morgan fingerprint density at radius 2 is 2.38 bits per heavy atom. The number of hydrogen-bond acceptors (Lipinski definition) is 3. The standard InChI is InChI=1S/C9H8N2O2/c12-9(13)7-5-10-8-3-1-2-4-11(8)6-7/h1-5H,6H2,(H,12,13). The highest BCUT2D eigenvalue weighted by atomic mass is 16.4. The lowest BCUT2D eigenvalue weighted by molar-refractivity contribution is -0.132. The summed E-state index contributed by atoms with van der Waals surface area (Å²) < 4.78 is 0. The number of aliphatic imine (C=N–C) groups is 1. The molecule has 4 nitrogen and oxygen atoms in total. The molecule has 0 fully saturated rings. The highest BCUT2D eigenvalue weighted by Gasteiger charge is 2.18. The van der Waals surface area contributed by atoms with Crippen LogP contribution in [0.3, 0.4) is 0 Å². The molecule has 0 aliphatic carbocycles. The number of amidine groups is 1. The van der Waals surface area contributed by atoms with Crippen molar-refractivity contribution in [1.82, 2.24) is 4.90 Å². The molecule has 0 aromatic rings. The Morgan fingerprint density at radius 1 is 1.54 bits per heavy atom. The molecule has 66 valence electrons. The number of carbonyl (C=O) groups is 1. The maximum atomic E-state index is 10.6. The molecule has 1 N–H and O–H groups in total. The zero-order chi connectivity index (χ0) is 9.26. The fourth-order valence-electron chi connectivity index (χ4n) is 1.21. The van der Waals surface area contributed by atoms with Gasteiger partial charge in [0, 0.05) is 12.4 Å². The van der Waals surface area contributed by atoms with Crippen LogP contribution in [-0.2, 0) is 4.79 Å². The smallest absolute Gasteiger partial charge is 0.334 e. The van der Waals surface area contributed by atoms with Gasteiger partial charge in [0.1, 0.15) is 5.84 Å². The van der Waals surface area contributed by atoms with Crippen molar-refractivity contribution in [3.05, 3.63) is 36.2 Å². The Morgan fingerprint density at radius 3 is 3.15 bits per heavy atom. The van der Waals surface area contributed by atoms with Gasteiger partial charge >= 0.3 is 5.97 Å². The molecule has 0 radical (unpaired) electrons. The van der Waals surface area contributed by atoms with Crippen molar-refractivity contribution < 1.29 is 9.90 Å². The summed E-state index contributed by atoms with van der Waals surface area (Å²) in [6.45, 7) is 0.384. The largest absolute Gasteiger partial charge is 0.478 e. The molecule has 13 heavy (non-hydrogen) atoms. The third kappa shape index (κ3) is 1.38. The van der Waals surface area contributed by atoms with Gasteiger partial charge in [-0.15, -0.1) is 0 Å². The van der Waals surface area contributed by atoms with E-state index in [1.807, 2.05) is 24.4 Å². The van der Waals surface area contributed by atoms with E-state index in [1.165, 1.54) is 6.20 Å². The Hall–Kier alpha value is -1.84. The second-order valence-electron chi connectivity index (χ2n) is 2.78. The van der Waals surface area contributed by atoms with Gasteiger partial charge in [0.15, 0.2) is 0 Å². The van der Waals surface area contributed by atoms with E-state index in [-0.39, 0.29) is 0 Å². The van der Waals surface area contributed by atoms with Crippen molar-refractivity contribution in [3.8, 4) is 0 Å². The van der Waals surface area contributed by atoms with Crippen molar-refractivity contribution >= 4 is 11.8 Å². The molecule has 0 aromatic heterocycles. The van der Waals surface area contributed by atoms with Crippen molar-refractivity contribution in [2.75, 3.05) is 6.54 Å². The lowest BCUT2D eigenvalue weighted by atomic mass is 10.2. The molecule has 2 heterocycles. The molecule has 0 bridgehead atoms. The van der Waals surface area contributed by atoms with E-state index < -0.39 is 5.97 Å². The average molecular weight is 176 g/mol. The summed E-state index contributed by atoms with van der Waals surface area (Å²) in [5.41, 5.74) is 0.309. The summed E-state index contributed by atoms with van der Waals surface area (Å²) in [6.07, 6.45) is 8.78. The van der Waals surface area contributed by atoms with Gasteiger partial charge in [-0.2, -0.15) is 0 Å². The van der Waals surface area contributed by atoms with Gasteiger partial charge < -0.3 is 10.0 Å². The minimum Gasteiger partial charge on any atom is -0.478 e. The van der Waals surface area contributed by atoms with E-state index in [4.69, 9.17) is 5.11 Å². The van der Waals surface area contributed by atoms with Gasteiger partial charge in [0.2, 0.25) is 0 Å². The SMILES string of the molecule is O=C(O)C1=CN=C2C=CC=CN2C1. The number of rotatable bonds is 1. The first-order chi connectivity index (χ1) is 6.27. The number of carboxylic acid groups (broad SMARTS) is 1. The maximum absolute atomic E-state index is 10.6. The Labute approximate surface area is 75.2 Å². The third-order valence-corrected chi connectivity index (χ3v) is 1.88. The monoisotopic (exact) mass is 176 g/mol. The number of allylic oxidation sites excluding steroid dienone is 2. The van der Waals surface area contributed by atoms with E-state index in [2.05, 4.69) is 4.99 Å². The van der Waals surface area contributed by atoms with Gasteiger partial charge in [-0.05, 0) is 12.2 Å². The zero-order valence-corrected chi connectivity index (χ0v) is 6.84. The summed E-state index contributed by atoms with van der Waals surface area (Å²) in [6, 6.07) is 0. The Kier molecular flexibility index (Phi) is 1.73. The maximum Gasteiger partial charge on any atom is 0.334 e. The molecule has 0 saturated heterocycles. The number of aliphatic carboxylic acids is 1. The Balaban J connectivity index is 2.29. The summed E-state index contributed by atoms with van der Waals surface area (Å²) in [4.78, 5) is 16.4. The Bertz CT molecular complexity index is 364. The van der Waals surface area contributed by atoms with E-state index in [0.29, 0.717) is 12.1 Å². The zero-order valence-electron chi connectivity index (χ0n) is 6.84. The molecule has 0 saturated carbocycles. The van der Waals surface area contributed by atoms with Gasteiger partial charge in [-0.1, -0.05) is 6.08 Å². The van der Waals surface area contributed by atoms with Crippen LogP contribution in [0.15, 0.2) is 41.2 Å². The van der Waals surface area contributed by atoms with Crippen LogP contribution >= 0.6 is 0 Å². The highest BCUT2D eigenvalue weighted by molar-refractivity contribution is 5.98. The van der Waals surface area contributed by atoms with Crippen LogP contribution in [0.4, 0.5) is 0 Å². The topological polar surface area (TPSA) is 52.9 Å². The van der Waals surface area contributed by atoms with Crippen LogP contribution in [0.2, 0.25) is 0 Å². The molecule has 0 amide bonds.